The number of halogens is 3. The number of carbonyl (C=O) groups is 1. The molecular formula is C14H14F3N3O. The zero-order valence-electron chi connectivity index (χ0n) is 11.5. The standard InChI is InChI=1S/C14H14F3N3O/c1-9-6-12(20(2)19-9)18-13(21)8-10-4-3-5-11(7-10)14(15,16)17/h3-7H,8H2,1-2H3,(H,18,21). The van der Waals surface area contributed by atoms with Crippen molar-refractivity contribution in [2.45, 2.75) is 19.5 Å². The van der Waals surface area contributed by atoms with Crippen molar-refractivity contribution in [3.8, 4) is 0 Å². The molecule has 0 aliphatic carbocycles. The second-order valence-electron chi connectivity index (χ2n) is 4.72. The van der Waals surface area contributed by atoms with Crippen LogP contribution in [0.15, 0.2) is 30.3 Å². The van der Waals surface area contributed by atoms with Crippen LogP contribution in [0.25, 0.3) is 0 Å². The molecule has 0 aliphatic heterocycles. The minimum Gasteiger partial charge on any atom is -0.311 e. The summed E-state index contributed by atoms with van der Waals surface area (Å²) in [6.45, 7) is 1.78. The number of aromatic nitrogens is 2. The minimum absolute atomic E-state index is 0.131. The number of hydrogen-bond donors (Lipinski definition) is 1. The van der Waals surface area contributed by atoms with Crippen molar-refractivity contribution >= 4 is 11.7 Å². The zero-order chi connectivity index (χ0) is 15.6. The first-order chi connectivity index (χ1) is 9.75. The third-order valence-corrected chi connectivity index (χ3v) is 2.89. The number of carbonyl (C=O) groups excluding carboxylic acids is 1. The fraction of sp³-hybridized carbons (Fsp3) is 0.286. The molecule has 0 radical (unpaired) electrons. The Morgan fingerprint density at radius 1 is 1.33 bits per heavy atom. The second-order valence-corrected chi connectivity index (χ2v) is 4.72. The summed E-state index contributed by atoms with van der Waals surface area (Å²) in [7, 11) is 1.67. The number of hydrogen-bond acceptors (Lipinski definition) is 2. The maximum Gasteiger partial charge on any atom is 0.416 e. The smallest absolute Gasteiger partial charge is 0.311 e. The van der Waals surface area contributed by atoms with E-state index in [0.29, 0.717) is 11.4 Å². The molecule has 0 aliphatic rings. The Labute approximate surface area is 119 Å². The van der Waals surface area contributed by atoms with E-state index in [1.165, 1.54) is 16.8 Å². The molecule has 112 valence electrons. The van der Waals surface area contributed by atoms with Gasteiger partial charge in [0, 0.05) is 13.1 Å². The minimum atomic E-state index is -4.41. The van der Waals surface area contributed by atoms with Gasteiger partial charge in [0.2, 0.25) is 5.91 Å². The zero-order valence-corrected chi connectivity index (χ0v) is 11.5. The van der Waals surface area contributed by atoms with Crippen LogP contribution in [0.5, 0.6) is 0 Å². The van der Waals surface area contributed by atoms with E-state index in [1.807, 2.05) is 0 Å². The molecule has 4 nitrogen and oxygen atoms in total. The van der Waals surface area contributed by atoms with Gasteiger partial charge in [-0.05, 0) is 18.6 Å². The molecule has 1 aromatic carbocycles. The summed E-state index contributed by atoms with van der Waals surface area (Å²) >= 11 is 0. The highest BCUT2D eigenvalue weighted by Crippen LogP contribution is 2.29. The van der Waals surface area contributed by atoms with Gasteiger partial charge in [0.15, 0.2) is 0 Å². The number of rotatable bonds is 3. The van der Waals surface area contributed by atoms with Crippen LogP contribution < -0.4 is 5.32 Å². The van der Waals surface area contributed by atoms with E-state index in [4.69, 9.17) is 0 Å². The number of benzene rings is 1. The first-order valence-electron chi connectivity index (χ1n) is 6.22. The summed E-state index contributed by atoms with van der Waals surface area (Å²) in [4.78, 5) is 11.9. The topological polar surface area (TPSA) is 46.9 Å². The molecule has 21 heavy (non-hydrogen) atoms. The van der Waals surface area contributed by atoms with E-state index in [-0.39, 0.29) is 6.42 Å². The number of amides is 1. The fourth-order valence-corrected chi connectivity index (χ4v) is 1.96. The van der Waals surface area contributed by atoms with Crippen LogP contribution in [0.3, 0.4) is 0 Å². The highest BCUT2D eigenvalue weighted by molar-refractivity contribution is 5.91. The molecule has 0 spiro atoms. The first kappa shape index (κ1) is 15.1. The lowest BCUT2D eigenvalue weighted by atomic mass is 10.1. The van der Waals surface area contributed by atoms with Crippen LogP contribution in [-0.2, 0) is 24.4 Å². The van der Waals surface area contributed by atoms with Crippen LogP contribution >= 0.6 is 0 Å². The Balaban J connectivity index is 2.08. The number of nitrogens with one attached hydrogen (secondary N) is 1. The van der Waals surface area contributed by atoms with Crippen molar-refractivity contribution < 1.29 is 18.0 Å². The molecule has 0 atom stereocenters. The maximum atomic E-state index is 12.6. The average Bonchev–Trinajstić information content (AvgIpc) is 2.67. The number of aryl methyl sites for hydroxylation is 2. The largest absolute Gasteiger partial charge is 0.416 e. The van der Waals surface area contributed by atoms with Crippen molar-refractivity contribution in [3.05, 3.63) is 47.2 Å². The molecule has 0 saturated carbocycles. The van der Waals surface area contributed by atoms with Gasteiger partial charge in [0.05, 0.1) is 17.7 Å². The summed E-state index contributed by atoms with van der Waals surface area (Å²) in [5.41, 5.74) is 0.289. The van der Waals surface area contributed by atoms with E-state index in [0.717, 1.165) is 17.8 Å². The summed E-state index contributed by atoms with van der Waals surface area (Å²) < 4.78 is 39.3. The van der Waals surface area contributed by atoms with E-state index in [1.54, 1.807) is 20.0 Å². The highest BCUT2D eigenvalue weighted by Gasteiger charge is 2.30. The van der Waals surface area contributed by atoms with Gasteiger partial charge in [-0.15, -0.1) is 0 Å². The molecule has 0 bridgehead atoms. The molecule has 0 saturated heterocycles. The number of nitrogens with zero attached hydrogens (tertiary/aromatic N) is 2. The summed E-state index contributed by atoms with van der Waals surface area (Å²) in [5, 5.41) is 6.69. The van der Waals surface area contributed by atoms with Gasteiger partial charge in [-0.1, -0.05) is 18.2 Å². The summed E-state index contributed by atoms with van der Waals surface area (Å²) in [6.07, 6.45) is -4.54. The van der Waals surface area contributed by atoms with Crippen LogP contribution in [0.4, 0.5) is 19.0 Å². The monoisotopic (exact) mass is 297 g/mol. The first-order valence-corrected chi connectivity index (χ1v) is 6.22. The number of alkyl halides is 3. The predicted molar refractivity (Wildman–Crippen MR) is 71.7 cm³/mol. The lowest BCUT2D eigenvalue weighted by Crippen LogP contribution is -2.17. The fourth-order valence-electron chi connectivity index (χ4n) is 1.96. The Hall–Kier alpha value is -2.31. The van der Waals surface area contributed by atoms with Crippen LogP contribution in [0.1, 0.15) is 16.8 Å². The van der Waals surface area contributed by atoms with Crippen LogP contribution in [0, 0.1) is 6.92 Å². The van der Waals surface area contributed by atoms with Gasteiger partial charge in [-0.3, -0.25) is 9.48 Å². The Morgan fingerprint density at radius 2 is 2.05 bits per heavy atom. The predicted octanol–water partition coefficient (Wildman–Crippen LogP) is 2.93. The average molecular weight is 297 g/mol. The Morgan fingerprint density at radius 3 is 2.62 bits per heavy atom. The Kier molecular flexibility index (Phi) is 4.02. The van der Waals surface area contributed by atoms with Crippen molar-refractivity contribution in [1.29, 1.82) is 0 Å². The molecule has 2 aromatic rings. The van der Waals surface area contributed by atoms with Crippen molar-refractivity contribution in [2.24, 2.45) is 7.05 Å². The van der Waals surface area contributed by atoms with Gasteiger partial charge < -0.3 is 5.32 Å². The molecule has 7 heteroatoms. The van der Waals surface area contributed by atoms with Gasteiger partial charge in [0.25, 0.3) is 0 Å². The van der Waals surface area contributed by atoms with E-state index >= 15 is 0 Å². The summed E-state index contributed by atoms with van der Waals surface area (Å²) in [5.74, 6) is 0.113. The quantitative estimate of drug-likeness (QED) is 0.947. The second kappa shape index (κ2) is 5.59. The summed E-state index contributed by atoms with van der Waals surface area (Å²) in [6, 6.07) is 6.42. The molecular weight excluding hydrogens is 283 g/mol. The molecule has 1 amide bonds. The van der Waals surface area contributed by atoms with Crippen LogP contribution in [-0.4, -0.2) is 15.7 Å². The molecule has 2 rings (SSSR count). The molecule has 1 heterocycles. The van der Waals surface area contributed by atoms with E-state index in [9.17, 15) is 18.0 Å². The number of anilines is 1. The lowest BCUT2D eigenvalue weighted by molar-refractivity contribution is -0.137. The molecule has 1 N–H and O–H groups in total. The van der Waals surface area contributed by atoms with Gasteiger partial charge in [-0.2, -0.15) is 18.3 Å². The SMILES string of the molecule is Cc1cc(NC(=O)Cc2cccc(C(F)(F)F)c2)n(C)n1. The van der Waals surface area contributed by atoms with Gasteiger partial charge in [-0.25, -0.2) is 0 Å². The van der Waals surface area contributed by atoms with E-state index < -0.39 is 17.6 Å². The van der Waals surface area contributed by atoms with Crippen LogP contribution in [0.2, 0.25) is 0 Å². The highest BCUT2D eigenvalue weighted by atomic mass is 19.4. The van der Waals surface area contributed by atoms with Crippen molar-refractivity contribution in [3.63, 3.8) is 0 Å². The maximum absolute atomic E-state index is 12.6. The van der Waals surface area contributed by atoms with E-state index in [2.05, 4.69) is 10.4 Å². The molecule has 0 unspecified atom stereocenters. The third kappa shape index (κ3) is 3.84. The normalized spacial score (nSPS) is 11.5. The molecule has 1 aromatic heterocycles. The Bertz CT molecular complexity index is 662. The van der Waals surface area contributed by atoms with Gasteiger partial charge >= 0.3 is 6.18 Å². The van der Waals surface area contributed by atoms with Crippen molar-refractivity contribution in [1.82, 2.24) is 9.78 Å². The van der Waals surface area contributed by atoms with Gasteiger partial charge in [0.1, 0.15) is 5.82 Å². The molecule has 0 fully saturated rings. The van der Waals surface area contributed by atoms with Crippen molar-refractivity contribution in [2.75, 3.05) is 5.32 Å². The lowest BCUT2D eigenvalue weighted by Gasteiger charge is -2.09. The third-order valence-electron chi connectivity index (χ3n) is 2.89.